The summed E-state index contributed by atoms with van der Waals surface area (Å²) in [4.78, 5) is 11.9. The first-order valence-electron chi connectivity index (χ1n) is 8.89. The molecular weight excluding hydrogens is 286 g/mol. The molecule has 0 aliphatic heterocycles. The van der Waals surface area contributed by atoms with Gasteiger partial charge in [-0.25, -0.2) is 0 Å². The highest BCUT2D eigenvalue weighted by Crippen LogP contribution is 2.66. The first-order valence-corrected chi connectivity index (χ1v) is 8.89. The van der Waals surface area contributed by atoms with Gasteiger partial charge in [-0.15, -0.1) is 0 Å². The van der Waals surface area contributed by atoms with Crippen LogP contribution >= 0.6 is 0 Å². The number of fused-ring (bicyclic) bond motifs is 5. The summed E-state index contributed by atoms with van der Waals surface area (Å²) >= 11 is 0. The van der Waals surface area contributed by atoms with Gasteiger partial charge in [-0.2, -0.15) is 5.26 Å². The Bertz CT molecular complexity index is 684. The Labute approximate surface area is 138 Å². The van der Waals surface area contributed by atoms with E-state index >= 15 is 0 Å². The lowest BCUT2D eigenvalue weighted by Gasteiger charge is -2.61. The fourth-order valence-corrected chi connectivity index (χ4v) is 6.16. The Hall–Kier alpha value is -1.40. The molecule has 2 fully saturated rings. The lowest BCUT2D eigenvalue weighted by molar-refractivity contribution is -0.177. The number of nitriles is 1. The standard InChI is InChI=1S/C20H25NO2/c1-18-9-10-20(23)17(16(18)5-4-14(18)12-21)6-3-13-11-15(22)7-8-19(13,20)2/h3-4,16-17,23H,5-11H2,1-2H3/t16-,17+,18-,19+,20-/m1/s1. The summed E-state index contributed by atoms with van der Waals surface area (Å²) < 4.78 is 0. The van der Waals surface area contributed by atoms with Crippen molar-refractivity contribution in [1.82, 2.24) is 0 Å². The minimum Gasteiger partial charge on any atom is -0.389 e. The molecular formula is C20H25NO2. The Morgan fingerprint density at radius 2 is 1.91 bits per heavy atom. The average Bonchev–Trinajstić information content (AvgIpc) is 2.86. The number of hydrogen-bond donors (Lipinski definition) is 1. The van der Waals surface area contributed by atoms with Gasteiger partial charge in [-0.05, 0) is 43.9 Å². The zero-order chi connectivity index (χ0) is 16.5. The van der Waals surface area contributed by atoms with Crippen molar-refractivity contribution in [3.63, 3.8) is 0 Å². The molecule has 0 bridgehead atoms. The third-order valence-electron chi connectivity index (χ3n) is 7.83. The van der Waals surface area contributed by atoms with Gasteiger partial charge in [0.05, 0.1) is 11.7 Å². The lowest BCUT2D eigenvalue weighted by atomic mass is 9.45. The fourth-order valence-electron chi connectivity index (χ4n) is 6.16. The van der Waals surface area contributed by atoms with Crippen LogP contribution in [0.1, 0.15) is 58.8 Å². The first-order chi connectivity index (χ1) is 10.8. The van der Waals surface area contributed by atoms with Crippen molar-refractivity contribution in [2.24, 2.45) is 22.7 Å². The van der Waals surface area contributed by atoms with Crippen LogP contribution in [0.2, 0.25) is 0 Å². The molecule has 1 N–H and O–H groups in total. The van der Waals surface area contributed by atoms with Crippen LogP contribution in [-0.2, 0) is 4.79 Å². The lowest BCUT2D eigenvalue weighted by Crippen LogP contribution is -2.62. The molecule has 122 valence electrons. The number of Topliss-reactive ketones (excluding diaryl/α,β-unsaturated/α-hetero) is 1. The van der Waals surface area contributed by atoms with Crippen LogP contribution in [0.15, 0.2) is 23.3 Å². The molecule has 0 aromatic rings. The van der Waals surface area contributed by atoms with Crippen molar-refractivity contribution < 1.29 is 9.90 Å². The van der Waals surface area contributed by atoms with Crippen molar-refractivity contribution in [3.05, 3.63) is 23.3 Å². The summed E-state index contributed by atoms with van der Waals surface area (Å²) in [5, 5.41) is 21.3. The highest BCUT2D eigenvalue weighted by atomic mass is 16.3. The zero-order valence-corrected chi connectivity index (χ0v) is 14.1. The van der Waals surface area contributed by atoms with E-state index in [1.807, 2.05) is 0 Å². The second-order valence-corrected chi connectivity index (χ2v) is 8.53. The Morgan fingerprint density at radius 1 is 1.17 bits per heavy atom. The van der Waals surface area contributed by atoms with Gasteiger partial charge in [0.25, 0.3) is 0 Å². The third-order valence-corrected chi connectivity index (χ3v) is 7.83. The molecule has 0 aromatic heterocycles. The molecule has 0 aromatic carbocycles. The van der Waals surface area contributed by atoms with Crippen LogP contribution in [0.4, 0.5) is 0 Å². The van der Waals surface area contributed by atoms with Crippen LogP contribution in [0.25, 0.3) is 0 Å². The van der Waals surface area contributed by atoms with Crippen LogP contribution in [0.3, 0.4) is 0 Å². The first kappa shape index (κ1) is 15.1. The molecule has 4 aliphatic rings. The van der Waals surface area contributed by atoms with E-state index in [0.29, 0.717) is 24.5 Å². The second-order valence-electron chi connectivity index (χ2n) is 8.53. The van der Waals surface area contributed by atoms with Crippen molar-refractivity contribution in [1.29, 1.82) is 5.26 Å². The summed E-state index contributed by atoms with van der Waals surface area (Å²) in [6.45, 7) is 4.39. The highest BCUT2D eigenvalue weighted by Gasteiger charge is 2.64. The number of nitrogens with zero attached hydrogens (tertiary/aromatic N) is 1. The van der Waals surface area contributed by atoms with E-state index in [0.717, 1.165) is 37.7 Å². The Morgan fingerprint density at radius 3 is 2.65 bits per heavy atom. The predicted octanol–water partition coefficient (Wildman–Crippen LogP) is 3.69. The molecule has 0 unspecified atom stereocenters. The van der Waals surface area contributed by atoms with Crippen molar-refractivity contribution in [3.8, 4) is 6.07 Å². The van der Waals surface area contributed by atoms with Crippen molar-refractivity contribution in [2.75, 3.05) is 0 Å². The highest BCUT2D eigenvalue weighted by molar-refractivity contribution is 5.83. The number of hydrogen-bond acceptors (Lipinski definition) is 3. The number of rotatable bonds is 0. The van der Waals surface area contributed by atoms with Crippen molar-refractivity contribution in [2.45, 2.75) is 64.4 Å². The van der Waals surface area contributed by atoms with E-state index in [1.54, 1.807) is 0 Å². The SMILES string of the molecule is C[C@]12CCC(=O)CC1=CC[C@H]1[C@H]3CC=C(C#N)[C@@]3(C)CC[C@@]12O. The van der Waals surface area contributed by atoms with Crippen LogP contribution in [0.5, 0.6) is 0 Å². The third kappa shape index (κ3) is 1.71. The van der Waals surface area contributed by atoms with Crippen molar-refractivity contribution >= 4 is 5.78 Å². The van der Waals surface area contributed by atoms with Crippen LogP contribution in [0, 0.1) is 34.0 Å². The molecule has 0 heterocycles. The van der Waals surface area contributed by atoms with E-state index in [4.69, 9.17) is 0 Å². The normalized spacial score (nSPS) is 48.5. The quantitative estimate of drug-likeness (QED) is 0.694. The average molecular weight is 311 g/mol. The van der Waals surface area contributed by atoms with Gasteiger partial charge in [-0.1, -0.05) is 31.6 Å². The maximum atomic E-state index is 11.9. The number of ketones is 1. The molecule has 23 heavy (non-hydrogen) atoms. The maximum absolute atomic E-state index is 11.9. The summed E-state index contributed by atoms with van der Waals surface area (Å²) in [6.07, 6.45) is 9.60. The van der Waals surface area contributed by atoms with Gasteiger partial charge in [0.15, 0.2) is 0 Å². The minimum atomic E-state index is -0.722. The molecule has 4 aliphatic carbocycles. The number of aliphatic hydroxyl groups is 1. The topological polar surface area (TPSA) is 61.1 Å². The molecule has 0 saturated heterocycles. The minimum absolute atomic E-state index is 0.0716. The van der Waals surface area contributed by atoms with Crippen LogP contribution < -0.4 is 0 Å². The molecule has 0 radical (unpaired) electrons. The van der Waals surface area contributed by atoms with Gasteiger partial charge in [0.2, 0.25) is 0 Å². The van der Waals surface area contributed by atoms with Gasteiger partial charge in [-0.3, -0.25) is 4.79 Å². The Kier molecular flexibility index (Phi) is 3.01. The summed E-state index contributed by atoms with van der Waals surface area (Å²) in [6, 6.07) is 2.40. The van der Waals surface area contributed by atoms with Crippen LogP contribution in [-0.4, -0.2) is 16.5 Å². The number of carbonyl (C=O) groups excluding carboxylic acids is 1. The summed E-state index contributed by atoms with van der Waals surface area (Å²) in [5.41, 5.74) is 1.03. The molecule has 4 rings (SSSR count). The van der Waals surface area contributed by atoms with E-state index < -0.39 is 5.60 Å². The largest absolute Gasteiger partial charge is 0.389 e. The smallest absolute Gasteiger partial charge is 0.136 e. The number of carbonyl (C=O) groups is 1. The molecule has 0 amide bonds. The Balaban J connectivity index is 1.76. The van der Waals surface area contributed by atoms with Gasteiger partial charge in [0, 0.05) is 29.2 Å². The van der Waals surface area contributed by atoms with E-state index in [1.165, 1.54) is 5.57 Å². The van der Waals surface area contributed by atoms with E-state index in [-0.39, 0.29) is 16.7 Å². The predicted molar refractivity (Wildman–Crippen MR) is 87.2 cm³/mol. The monoisotopic (exact) mass is 311 g/mol. The summed E-state index contributed by atoms with van der Waals surface area (Å²) in [5.74, 6) is 0.860. The number of allylic oxidation sites excluding steroid dienone is 3. The second kappa shape index (κ2) is 4.57. The zero-order valence-electron chi connectivity index (χ0n) is 14.1. The molecule has 3 heteroatoms. The molecule has 5 atom stereocenters. The van der Waals surface area contributed by atoms with Gasteiger partial charge >= 0.3 is 0 Å². The van der Waals surface area contributed by atoms with E-state index in [9.17, 15) is 15.2 Å². The molecule has 0 spiro atoms. The molecule has 2 saturated carbocycles. The van der Waals surface area contributed by atoms with Gasteiger partial charge in [0.1, 0.15) is 5.78 Å². The fraction of sp³-hybridized carbons (Fsp3) is 0.700. The maximum Gasteiger partial charge on any atom is 0.136 e. The van der Waals surface area contributed by atoms with E-state index in [2.05, 4.69) is 32.1 Å². The summed E-state index contributed by atoms with van der Waals surface area (Å²) in [7, 11) is 0. The van der Waals surface area contributed by atoms with Gasteiger partial charge < -0.3 is 5.11 Å². The molecule has 3 nitrogen and oxygen atoms in total.